The number of rotatable bonds is 11. The van der Waals surface area contributed by atoms with Crippen molar-refractivity contribution >= 4 is 17.7 Å². The lowest BCUT2D eigenvalue weighted by atomic mass is 9.94. The topological polar surface area (TPSA) is 88.1 Å². The molecule has 3 rings (SSSR count). The van der Waals surface area contributed by atoms with E-state index in [1.807, 2.05) is 61.2 Å². The number of amides is 2. The van der Waals surface area contributed by atoms with E-state index in [-0.39, 0.29) is 30.9 Å². The minimum absolute atomic E-state index is 0.0240. The Kier molecular flexibility index (Phi) is 10.5. The standard InChI is InChI=1S/C30H42N2O5/c1-20(2)23(5)32(30(35)31-27-15-7-6-10-21(27)3)16-17-36-25-13-9-14-26(18-25)37-19-24-12-8-11-22(4)28(24)29(33)34/h6-8,10-12,15,20,23,25-26H,9,13-14,16-19H2,1-5H3,(H,31,35)(H,33,34). The number of hydrogen-bond acceptors (Lipinski definition) is 4. The minimum atomic E-state index is -0.923. The monoisotopic (exact) mass is 510 g/mol. The Morgan fingerprint density at radius 3 is 2.35 bits per heavy atom. The van der Waals surface area contributed by atoms with Crippen LogP contribution in [0.1, 0.15) is 73.5 Å². The Hall–Kier alpha value is -2.90. The van der Waals surface area contributed by atoms with E-state index in [2.05, 4.69) is 26.1 Å². The molecule has 2 amide bonds. The first kappa shape index (κ1) is 28.7. The number of hydrogen-bond donors (Lipinski definition) is 2. The van der Waals surface area contributed by atoms with Crippen molar-refractivity contribution in [3.8, 4) is 0 Å². The maximum absolute atomic E-state index is 13.2. The summed E-state index contributed by atoms with van der Waals surface area (Å²) in [4.78, 5) is 26.7. The van der Waals surface area contributed by atoms with E-state index in [9.17, 15) is 14.7 Å². The molecule has 0 radical (unpaired) electrons. The van der Waals surface area contributed by atoms with Crippen molar-refractivity contribution in [3.63, 3.8) is 0 Å². The quantitative estimate of drug-likeness (QED) is 0.364. The summed E-state index contributed by atoms with van der Waals surface area (Å²) in [7, 11) is 0. The Morgan fingerprint density at radius 1 is 1.00 bits per heavy atom. The van der Waals surface area contributed by atoms with Gasteiger partial charge in [0.15, 0.2) is 0 Å². The van der Waals surface area contributed by atoms with Gasteiger partial charge in [0.2, 0.25) is 0 Å². The number of ether oxygens (including phenoxy) is 2. The van der Waals surface area contributed by atoms with Gasteiger partial charge in [0.25, 0.3) is 0 Å². The summed E-state index contributed by atoms with van der Waals surface area (Å²) in [5, 5.41) is 12.6. The van der Waals surface area contributed by atoms with Crippen molar-refractivity contribution in [3.05, 3.63) is 64.7 Å². The molecule has 7 nitrogen and oxygen atoms in total. The first-order valence-corrected chi connectivity index (χ1v) is 13.4. The van der Waals surface area contributed by atoms with E-state index in [0.29, 0.717) is 30.2 Å². The molecule has 3 unspecified atom stereocenters. The predicted octanol–water partition coefficient (Wildman–Crippen LogP) is 6.42. The van der Waals surface area contributed by atoms with Gasteiger partial charge in [-0.1, -0.05) is 50.2 Å². The minimum Gasteiger partial charge on any atom is -0.478 e. The number of carboxylic acid groups (broad SMARTS) is 1. The van der Waals surface area contributed by atoms with Gasteiger partial charge in [-0.15, -0.1) is 0 Å². The van der Waals surface area contributed by atoms with Crippen LogP contribution in [0, 0.1) is 19.8 Å². The molecule has 2 aromatic carbocycles. The van der Waals surface area contributed by atoms with Gasteiger partial charge in [0.1, 0.15) is 0 Å². The number of para-hydroxylation sites is 1. The van der Waals surface area contributed by atoms with Crippen LogP contribution in [0.15, 0.2) is 42.5 Å². The molecule has 0 spiro atoms. The van der Waals surface area contributed by atoms with Crippen molar-refractivity contribution in [2.24, 2.45) is 5.92 Å². The highest BCUT2D eigenvalue weighted by atomic mass is 16.5. The molecule has 0 saturated heterocycles. The van der Waals surface area contributed by atoms with E-state index in [1.165, 1.54) is 0 Å². The van der Waals surface area contributed by atoms with Crippen molar-refractivity contribution in [1.29, 1.82) is 0 Å². The molecule has 202 valence electrons. The van der Waals surface area contributed by atoms with Crippen LogP contribution in [0.25, 0.3) is 0 Å². The predicted molar refractivity (Wildman–Crippen MR) is 146 cm³/mol. The third kappa shape index (κ3) is 8.04. The number of anilines is 1. The normalized spacial score (nSPS) is 18.4. The molecule has 37 heavy (non-hydrogen) atoms. The largest absolute Gasteiger partial charge is 0.478 e. The summed E-state index contributed by atoms with van der Waals surface area (Å²) in [6.45, 7) is 11.3. The molecule has 1 aliphatic carbocycles. The van der Waals surface area contributed by atoms with Crippen molar-refractivity contribution in [2.75, 3.05) is 18.5 Å². The third-order valence-corrected chi connectivity index (χ3v) is 7.42. The number of carbonyl (C=O) groups excluding carboxylic acids is 1. The van der Waals surface area contributed by atoms with Gasteiger partial charge in [-0.3, -0.25) is 0 Å². The fraction of sp³-hybridized carbons (Fsp3) is 0.533. The zero-order chi connectivity index (χ0) is 26.9. The molecule has 1 saturated carbocycles. The molecule has 0 heterocycles. The first-order chi connectivity index (χ1) is 17.7. The Balaban J connectivity index is 1.53. The number of nitrogens with one attached hydrogen (secondary N) is 1. The summed E-state index contributed by atoms with van der Waals surface area (Å²) < 4.78 is 12.4. The summed E-state index contributed by atoms with van der Waals surface area (Å²) in [6, 6.07) is 13.2. The molecule has 1 aliphatic rings. The maximum atomic E-state index is 13.2. The average molecular weight is 511 g/mol. The van der Waals surface area contributed by atoms with Gasteiger partial charge >= 0.3 is 12.0 Å². The molecule has 0 bridgehead atoms. The Bertz CT molecular complexity index is 1050. The number of carbonyl (C=O) groups is 2. The number of nitrogens with zero attached hydrogens (tertiary/aromatic N) is 1. The lowest BCUT2D eigenvalue weighted by Gasteiger charge is -2.34. The molecule has 0 aromatic heterocycles. The number of aromatic carboxylic acids is 1. The fourth-order valence-corrected chi connectivity index (χ4v) is 4.84. The van der Waals surface area contributed by atoms with Crippen LogP contribution in [-0.2, 0) is 16.1 Å². The van der Waals surface area contributed by atoms with Crippen LogP contribution in [0.5, 0.6) is 0 Å². The lowest BCUT2D eigenvalue weighted by molar-refractivity contribution is -0.0534. The van der Waals surface area contributed by atoms with Crippen molar-refractivity contribution in [2.45, 2.75) is 85.2 Å². The van der Waals surface area contributed by atoms with Gasteiger partial charge in [-0.05, 0) is 75.1 Å². The second kappa shape index (κ2) is 13.6. The zero-order valence-corrected chi connectivity index (χ0v) is 22.8. The van der Waals surface area contributed by atoms with Gasteiger partial charge in [0, 0.05) is 18.3 Å². The molecule has 3 atom stereocenters. The van der Waals surface area contributed by atoms with E-state index in [1.54, 1.807) is 0 Å². The van der Waals surface area contributed by atoms with E-state index >= 15 is 0 Å². The average Bonchev–Trinajstić information content (AvgIpc) is 2.86. The van der Waals surface area contributed by atoms with Crippen LogP contribution in [-0.4, -0.2) is 53.4 Å². The summed E-state index contributed by atoms with van der Waals surface area (Å²) in [6.07, 6.45) is 3.74. The van der Waals surface area contributed by atoms with Crippen LogP contribution in [0.4, 0.5) is 10.5 Å². The second-order valence-corrected chi connectivity index (χ2v) is 10.4. The lowest BCUT2D eigenvalue weighted by Crippen LogP contribution is -2.46. The molecule has 2 aromatic rings. The van der Waals surface area contributed by atoms with Crippen LogP contribution in [0.3, 0.4) is 0 Å². The number of aryl methyl sites for hydroxylation is 2. The van der Waals surface area contributed by atoms with Crippen LogP contribution < -0.4 is 5.32 Å². The fourth-order valence-electron chi connectivity index (χ4n) is 4.84. The summed E-state index contributed by atoms with van der Waals surface area (Å²) >= 11 is 0. The molecular weight excluding hydrogens is 468 g/mol. The highest BCUT2D eigenvalue weighted by Gasteiger charge is 2.26. The van der Waals surface area contributed by atoms with Gasteiger partial charge in [-0.2, -0.15) is 0 Å². The van der Waals surface area contributed by atoms with Gasteiger partial charge in [-0.25, -0.2) is 9.59 Å². The Morgan fingerprint density at radius 2 is 1.68 bits per heavy atom. The summed E-state index contributed by atoms with van der Waals surface area (Å²) in [5.74, 6) is -0.611. The van der Waals surface area contributed by atoms with Crippen LogP contribution in [0.2, 0.25) is 0 Å². The molecule has 7 heteroatoms. The first-order valence-electron chi connectivity index (χ1n) is 13.4. The molecule has 1 fully saturated rings. The van der Waals surface area contributed by atoms with Crippen molar-refractivity contribution < 1.29 is 24.2 Å². The zero-order valence-electron chi connectivity index (χ0n) is 22.8. The summed E-state index contributed by atoms with van der Waals surface area (Å²) in [5.41, 5.74) is 3.62. The molecular formula is C30H42N2O5. The number of urea groups is 1. The third-order valence-electron chi connectivity index (χ3n) is 7.42. The molecule has 2 N–H and O–H groups in total. The van der Waals surface area contributed by atoms with Crippen LogP contribution >= 0.6 is 0 Å². The second-order valence-electron chi connectivity index (χ2n) is 10.4. The highest BCUT2D eigenvalue weighted by Crippen LogP contribution is 2.26. The van der Waals surface area contributed by atoms with Gasteiger partial charge < -0.3 is 24.8 Å². The smallest absolute Gasteiger partial charge is 0.336 e. The number of benzene rings is 2. The van der Waals surface area contributed by atoms with E-state index < -0.39 is 5.97 Å². The van der Waals surface area contributed by atoms with E-state index in [4.69, 9.17) is 9.47 Å². The van der Waals surface area contributed by atoms with Gasteiger partial charge in [0.05, 0.1) is 31.0 Å². The van der Waals surface area contributed by atoms with Crippen molar-refractivity contribution in [1.82, 2.24) is 4.90 Å². The molecule has 0 aliphatic heterocycles. The maximum Gasteiger partial charge on any atom is 0.336 e. The SMILES string of the molecule is Cc1ccccc1NC(=O)N(CCOC1CCCC(OCc2cccc(C)c2C(=O)O)C1)C(C)C(C)C. The highest BCUT2D eigenvalue weighted by molar-refractivity contribution is 5.91. The number of carboxylic acids is 1. The van der Waals surface area contributed by atoms with E-state index in [0.717, 1.165) is 42.5 Å². The Labute approximate surface area is 221 Å².